The van der Waals surface area contributed by atoms with Crippen LogP contribution in [0.25, 0.3) is 10.9 Å². The Balaban J connectivity index is 1.40. The topological polar surface area (TPSA) is 59.4 Å². The van der Waals surface area contributed by atoms with Gasteiger partial charge in [-0.05, 0) is 24.5 Å². The third-order valence-corrected chi connectivity index (χ3v) is 8.63. The fraction of sp³-hybridized carbons (Fsp3) is 0.550. The standard InChI is InChI=1S/C20H26N2O3S/c1-21-12-15(18-9-5-6-10-19(18)21)11-20(23)22-13-17(14-22)26(24,25)16-7-3-2-4-8-16/h5-6,9-10,12,16-17H,2-4,7-8,11,13-14H2,1H3. The Kier molecular flexibility index (Phi) is 4.55. The minimum atomic E-state index is -3.09. The predicted octanol–water partition coefficient (Wildman–Crippen LogP) is 2.68. The van der Waals surface area contributed by atoms with Gasteiger partial charge in [0, 0.05) is 37.2 Å². The predicted molar refractivity (Wildman–Crippen MR) is 103 cm³/mol. The van der Waals surface area contributed by atoms with Gasteiger partial charge in [-0.1, -0.05) is 37.5 Å². The summed E-state index contributed by atoms with van der Waals surface area (Å²) in [6.45, 7) is 0.727. The van der Waals surface area contributed by atoms with E-state index in [0.717, 1.165) is 48.6 Å². The molecule has 0 N–H and O–H groups in total. The van der Waals surface area contributed by atoms with E-state index in [4.69, 9.17) is 0 Å². The zero-order chi connectivity index (χ0) is 18.3. The lowest BCUT2D eigenvalue weighted by molar-refractivity contribution is -0.133. The lowest BCUT2D eigenvalue weighted by Gasteiger charge is -2.41. The minimum absolute atomic E-state index is 0.0245. The molecule has 0 spiro atoms. The summed E-state index contributed by atoms with van der Waals surface area (Å²) < 4.78 is 27.5. The molecule has 0 radical (unpaired) electrons. The molecular weight excluding hydrogens is 348 g/mol. The van der Waals surface area contributed by atoms with Crippen LogP contribution in [0, 0.1) is 0 Å². The van der Waals surface area contributed by atoms with Crippen molar-refractivity contribution < 1.29 is 13.2 Å². The Morgan fingerprint density at radius 3 is 2.50 bits per heavy atom. The molecule has 0 bridgehead atoms. The van der Waals surface area contributed by atoms with Gasteiger partial charge in [-0.3, -0.25) is 4.79 Å². The Bertz CT molecular complexity index is 920. The van der Waals surface area contributed by atoms with E-state index < -0.39 is 9.84 Å². The number of fused-ring (bicyclic) bond motifs is 1. The molecular formula is C20H26N2O3S. The lowest BCUT2D eigenvalue weighted by Crippen LogP contribution is -2.59. The van der Waals surface area contributed by atoms with Gasteiger partial charge in [0.15, 0.2) is 9.84 Å². The van der Waals surface area contributed by atoms with Crippen LogP contribution in [0.15, 0.2) is 30.5 Å². The molecule has 2 heterocycles. The number of para-hydroxylation sites is 1. The normalized spacial score (nSPS) is 19.7. The van der Waals surface area contributed by atoms with Crippen LogP contribution in [-0.4, -0.2) is 47.4 Å². The van der Waals surface area contributed by atoms with Crippen molar-refractivity contribution in [2.24, 2.45) is 7.05 Å². The van der Waals surface area contributed by atoms with Crippen LogP contribution in [0.2, 0.25) is 0 Å². The highest BCUT2D eigenvalue weighted by molar-refractivity contribution is 7.92. The Morgan fingerprint density at radius 2 is 1.77 bits per heavy atom. The molecule has 0 atom stereocenters. The second kappa shape index (κ2) is 6.72. The summed E-state index contributed by atoms with van der Waals surface area (Å²) in [7, 11) is -1.11. The van der Waals surface area contributed by atoms with E-state index in [1.165, 1.54) is 0 Å². The van der Waals surface area contributed by atoms with E-state index in [0.29, 0.717) is 19.5 Å². The number of likely N-dealkylation sites (tertiary alicyclic amines) is 1. The minimum Gasteiger partial charge on any atom is -0.350 e. The van der Waals surface area contributed by atoms with Crippen molar-refractivity contribution in [1.29, 1.82) is 0 Å². The quantitative estimate of drug-likeness (QED) is 0.827. The average molecular weight is 375 g/mol. The highest BCUT2D eigenvalue weighted by Crippen LogP contribution is 2.30. The summed E-state index contributed by atoms with van der Waals surface area (Å²) in [5, 5.41) is 0.550. The molecule has 2 fully saturated rings. The first-order valence-electron chi connectivity index (χ1n) is 9.50. The third kappa shape index (κ3) is 3.04. The van der Waals surface area contributed by atoms with Gasteiger partial charge in [0.1, 0.15) is 0 Å². The first kappa shape index (κ1) is 17.6. The van der Waals surface area contributed by atoms with E-state index in [9.17, 15) is 13.2 Å². The van der Waals surface area contributed by atoms with Crippen molar-refractivity contribution in [1.82, 2.24) is 9.47 Å². The summed E-state index contributed by atoms with van der Waals surface area (Å²) in [5.41, 5.74) is 2.11. The van der Waals surface area contributed by atoms with Gasteiger partial charge in [0.05, 0.1) is 16.9 Å². The molecule has 5 nitrogen and oxygen atoms in total. The molecule has 0 unspecified atom stereocenters. The molecule has 26 heavy (non-hydrogen) atoms. The Morgan fingerprint density at radius 1 is 1.08 bits per heavy atom. The van der Waals surface area contributed by atoms with Crippen LogP contribution in [0.1, 0.15) is 37.7 Å². The zero-order valence-corrected chi connectivity index (χ0v) is 16.0. The first-order chi connectivity index (χ1) is 12.5. The summed E-state index contributed by atoms with van der Waals surface area (Å²) >= 11 is 0. The molecule has 140 valence electrons. The van der Waals surface area contributed by atoms with Gasteiger partial charge >= 0.3 is 0 Å². The van der Waals surface area contributed by atoms with Crippen molar-refractivity contribution in [3.8, 4) is 0 Å². The smallest absolute Gasteiger partial charge is 0.227 e. The van der Waals surface area contributed by atoms with Gasteiger partial charge in [-0.15, -0.1) is 0 Å². The number of carbonyl (C=O) groups is 1. The molecule has 4 rings (SSSR count). The first-order valence-corrected chi connectivity index (χ1v) is 11.1. The largest absolute Gasteiger partial charge is 0.350 e. The fourth-order valence-corrected chi connectivity index (χ4v) is 6.67. The van der Waals surface area contributed by atoms with Crippen LogP contribution in [0.4, 0.5) is 0 Å². The van der Waals surface area contributed by atoms with Crippen molar-refractivity contribution in [2.75, 3.05) is 13.1 Å². The second-order valence-corrected chi connectivity index (χ2v) is 10.2. The zero-order valence-electron chi connectivity index (χ0n) is 15.2. The lowest BCUT2D eigenvalue weighted by atomic mass is 10.0. The molecule has 1 aromatic carbocycles. The number of hydrogen-bond donors (Lipinski definition) is 0. The number of nitrogens with zero attached hydrogens (tertiary/aromatic N) is 2. The van der Waals surface area contributed by atoms with Gasteiger partial charge in [-0.2, -0.15) is 0 Å². The van der Waals surface area contributed by atoms with Crippen LogP contribution in [0.3, 0.4) is 0 Å². The van der Waals surface area contributed by atoms with Crippen molar-refractivity contribution in [3.05, 3.63) is 36.0 Å². The van der Waals surface area contributed by atoms with Crippen LogP contribution in [0.5, 0.6) is 0 Å². The molecule has 1 saturated carbocycles. The number of amides is 1. The highest BCUT2D eigenvalue weighted by atomic mass is 32.2. The number of aryl methyl sites for hydroxylation is 1. The SMILES string of the molecule is Cn1cc(CC(=O)N2CC(S(=O)(=O)C3CCCCC3)C2)c2ccccc21. The molecule has 6 heteroatoms. The van der Waals surface area contributed by atoms with Crippen LogP contribution >= 0.6 is 0 Å². The third-order valence-electron chi connectivity index (χ3n) is 6.00. The molecule has 2 aromatic rings. The van der Waals surface area contributed by atoms with Gasteiger partial charge < -0.3 is 9.47 Å². The Hall–Kier alpha value is -1.82. The number of carbonyl (C=O) groups excluding carboxylic acids is 1. The average Bonchev–Trinajstić information content (AvgIpc) is 2.90. The van der Waals surface area contributed by atoms with E-state index in [1.54, 1.807) is 4.90 Å². The molecule has 1 amide bonds. The number of rotatable bonds is 4. The number of hydrogen-bond acceptors (Lipinski definition) is 3. The maximum atomic E-state index is 12.7. The number of benzene rings is 1. The maximum Gasteiger partial charge on any atom is 0.227 e. The van der Waals surface area contributed by atoms with E-state index >= 15 is 0 Å². The van der Waals surface area contributed by atoms with Crippen molar-refractivity contribution in [3.63, 3.8) is 0 Å². The van der Waals surface area contributed by atoms with Crippen molar-refractivity contribution in [2.45, 2.75) is 49.0 Å². The van der Waals surface area contributed by atoms with Gasteiger partial charge in [0.25, 0.3) is 0 Å². The maximum absolute atomic E-state index is 12.7. The van der Waals surface area contributed by atoms with Gasteiger partial charge in [0.2, 0.25) is 5.91 Å². The summed E-state index contributed by atoms with van der Waals surface area (Å²) in [5.74, 6) is 0.0245. The Labute approximate surface area is 154 Å². The van der Waals surface area contributed by atoms with Crippen molar-refractivity contribution >= 4 is 26.6 Å². The fourth-order valence-electron chi connectivity index (χ4n) is 4.36. The molecule has 1 aliphatic heterocycles. The molecule has 1 aliphatic carbocycles. The molecule has 1 aromatic heterocycles. The number of aromatic nitrogens is 1. The van der Waals surface area contributed by atoms with E-state index in [-0.39, 0.29) is 16.4 Å². The monoisotopic (exact) mass is 374 g/mol. The van der Waals surface area contributed by atoms with E-state index in [2.05, 4.69) is 0 Å². The molecule has 1 saturated heterocycles. The second-order valence-electron chi connectivity index (χ2n) is 7.73. The van der Waals surface area contributed by atoms with E-state index in [1.807, 2.05) is 42.1 Å². The summed E-state index contributed by atoms with van der Waals surface area (Å²) in [6, 6.07) is 8.04. The van der Waals surface area contributed by atoms with Crippen LogP contribution < -0.4 is 0 Å². The van der Waals surface area contributed by atoms with Crippen LogP contribution in [-0.2, 0) is 28.1 Å². The highest BCUT2D eigenvalue weighted by Gasteiger charge is 2.43. The molecule has 2 aliphatic rings. The van der Waals surface area contributed by atoms with Gasteiger partial charge in [-0.25, -0.2) is 8.42 Å². The summed E-state index contributed by atoms with van der Waals surface area (Å²) in [4.78, 5) is 14.3. The number of sulfone groups is 1. The summed E-state index contributed by atoms with van der Waals surface area (Å²) in [6.07, 6.45) is 7.09.